The molecule has 0 radical (unpaired) electrons. The Hall–Kier alpha value is -0.940. The molecular weight excluding hydrogens is 204 g/mol. The number of nitrogens with zero attached hydrogens (tertiary/aromatic N) is 3. The number of rotatable bonds is 3. The van der Waals surface area contributed by atoms with Crippen LogP contribution in [-0.4, -0.2) is 41.4 Å². The van der Waals surface area contributed by atoms with Crippen molar-refractivity contribution in [1.82, 2.24) is 20.5 Å². The summed E-state index contributed by atoms with van der Waals surface area (Å²) in [4.78, 5) is 2.38. The largest absolute Gasteiger partial charge is 0.308 e. The van der Waals surface area contributed by atoms with Crippen LogP contribution in [0.15, 0.2) is 4.63 Å². The number of aryl methyl sites for hydroxylation is 1. The number of hydrogen-bond donors (Lipinski definition) is 1. The van der Waals surface area contributed by atoms with Crippen molar-refractivity contribution in [1.29, 1.82) is 0 Å². The van der Waals surface area contributed by atoms with Gasteiger partial charge in [0.1, 0.15) is 11.4 Å². The van der Waals surface area contributed by atoms with Gasteiger partial charge < -0.3 is 10.2 Å². The molecule has 0 aliphatic carbocycles. The second-order valence-corrected chi connectivity index (χ2v) is 4.81. The minimum atomic E-state index is 0.576. The van der Waals surface area contributed by atoms with E-state index in [0.29, 0.717) is 12.0 Å². The van der Waals surface area contributed by atoms with Crippen LogP contribution in [0.3, 0.4) is 0 Å². The summed E-state index contributed by atoms with van der Waals surface area (Å²) in [7, 11) is 2.18. The van der Waals surface area contributed by atoms with Gasteiger partial charge in [-0.05, 0) is 32.9 Å². The summed E-state index contributed by atoms with van der Waals surface area (Å²) in [5.41, 5.74) is 1.80. The molecule has 2 rings (SSSR count). The van der Waals surface area contributed by atoms with Gasteiger partial charge in [-0.1, -0.05) is 17.2 Å². The molecule has 1 saturated heterocycles. The Morgan fingerprint density at radius 3 is 2.94 bits per heavy atom. The SMILES string of the molecule is Cc1nonc1CNC1CCN(C)CC1C. The molecule has 16 heavy (non-hydrogen) atoms. The third kappa shape index (κ3) is 2.59. The first-order valence-corrected chi connectivity index (χ1v) is 5.86. The third-order valence-electron chi connectivity index (χ3n) is 3.39. The molecule has 0 bridgehead atoms. The molecule has 1 aromatic heterocycles. The Labute approximate surface area is 96.2 Å². The minimum absolute atomic E-state index is 0.576. The normalized spacial score (nSPS) is 27.2. The molecule has 2 unspecified atom stereocenters. The van der Waals surface area contributed by atoms with E-state index in [1.54, 1.807) is 0 Å². The predicted octanol–water partition coefficient (Wildman–Crippen LogP) is 0.808. The molecule has 1 aliphatic rings. The van der Waals surface area contributed by atoms with E-state index in [2.05, 4.69) is 39.1 Å². The lowest BCUT2D eigenvalue weighted by molar-refractivity contribution is 0.173. The molecular formula is C11H20N4O. The van der Waals surface area contributed by atoms with Gasteiger partial charge >= 0.3 is 0 Å². The van der Waals surface area contributed by atoms with Crippen LogP contribution in [0.2, 0.25) is 0 Å². The molecule has 0 aromatic carbocycles. The van der Waals surface area contributed by atoms with E-state index < -0.39 is 0 Å². The number of nitrogens with one attached hydrogen (secondary N) is 1. The Morgan fingerprint density at radius 2 is 2.31 bits per heavy atom. The first-order valence-electron chi connectivity index (χ1n) is 5.86. The summed E-state index contributed by atoms with van der Waals surface area (Å²) >= 11 is 0. The smallest absolute Gasteiger partial charge is 0.121 e. The van der Waals surface area contributed by atoms with E-state index in [4.69, 9.17) is 0 Å². The zero-order chi connectivity index (χ0) is 11.5. The highest BCUT2D eigenvalue weighted by Gasteiger charge is 2.23. The van der Waals surface area contributed by atoms with Crippen molar-refractivity contribution in [2.75, 3.05) is 20.1 Å². The average Bonchev–Trinajstić information content (AvgIpc) is 2.63. The van der Waals surface area contributed by atoms with Crippen molar-refractivity contribution in [2.45, 2.75) is 32.9 Å². The van der Waals surface area contributed by atoms with Crippen LogP contribution >= 0.6 is 0 Å². The number of aromatic nitrogens is 2. The number of piperidine rings is 1. The van der Waals surface area contributed by atoms with E-state index in [9.17, 15) is 0 Å². The van der Waals surface area contributed by atoms with Crippen molar-refractivity contribution in [2.24, 2.45) is 5.92 Å². The Balaban J connectivity index is 1.84. The van der Waals surface area contributed by atoms with Gasteiger partial charge in [0, 0.05) is 19.1 Å². The van der Waals surface area contributed by atoms with Crippen LogP contribution in [0, 0.1) is 12.8 Å². The summed E-state index contributed by atoms with van der Waals surface area (Å²) in [6, 6.07) is 0.576. The van der Waals surface area contributed by atoms with E-state index in [-0.39, 0.29) is 0 Å². The third-order valence-corrected chi connectivity index (χ3v) is 3.39. The van der Waals surface area contributed by atoms with Crippen LogP contribution < -0.4 is 5.32 Å². The highest BCUT2D eigenvalue weighted by atomic mass is 16.6. The van der Waals surface area contributed by atoms with Crippen LogP contribution in [0.5, 0.6) is 0 Å². The summed E-state index contributed by atoms with van der Waals surface area (Å²) < 4.78 is 4.68. The lowest BCUT2D eigenvalue weighted by Gasteiger charge is -2.35. The number of likely N-dealkylation sites (tertiary alicyclic amines) is 1. The Bertz CT molecular complexity index is 338. The van der Waals surface area contributed by atoms with E-state index in [1.807, 2.05) is 6.92 Å². The predicted molar refractivity (Wildman–Crippen MR) is 60.9 cm³/mol. The summed E-state index contributed by atoms with van der Waals surface area (Å²) in [6.45, 7) is 7.30. The number of hydrogen-bond acceptors (Lipinski definition) is 5. The van der Waals surface area contributed by atoms with Crippen LogP contribution in [0.25, 0.3) is 0 Å². The zero-order valence-electron chi connectivity index (χ0n) is 10.2. The summed E-state index contributed by atoms with van der Waals surface area (Å²) in [5.74, 6) is 0.680. The van der Waals surface area contributed by atoms with E-state index in [0.717, 1.165) is 31.0 Å². The first kappa shape index (κ1) is 11.5. The van der Waals surface area contributed by atoms with E-state index >= 15 is 0 Å². The fraction of sp³-hybridized carbons (Fsp3) is 0.818. The monoisotopic (exact) mass is 224 g/mol. The van der Waals surface area contributed by atoms with Gasteiger partial charge in [0.2, 0.25) is 0 Å². The maximum Gasteiger partial charge on any atom is 0.121 e. The molecule has 2 atom stereocenters. The maximum atomic E-state index is 4.68. The molecule has 90 valence electrons. The van der Waals surface area contributed by atoms with Crippen LogP contribution in [0.4, 0.5) is 0 Å². The van der Waals surface area contributed by atoms with Crippen molar-refractivity contribution in [3.63, 3.8) is 0 Å². The highest BCUT2D eigenvalue weighted by molar-refractivity contribution is 5.04. The molecule has 1 aromatic rings. The van der Waals surface area contributed by atoms with Crippen molar-refractivity contribution in [3.05, 3.63) is 11.4 Å². The van der Waals surface area contributed by atoms with Crippen molar-refractivity contribution >= 4 is 0 Å². The van der Waals surface area contributed by atoms with Gasteiger partial charge in [-0.15, -0.1) is 0 Å². The molecule has 1 fully saturated rings. The molecule has 5 nitrogen and oxygen atoms in total. The molecule has 1 aliphatic heterocycles. The first-order chi connectivity index (χ1) is 7.66. The van der Waals surface area contributed by atoms with E-state index in [1.165, 1.54) is 6.42 Å². The van der Waals surface area contributed by atoms with Gasteiger partial charge in [0.05, 0.1) is 0 Å². The van der Waals surface area contributed by atoms with Gasteiger partial charge in [-0.3, -0.25) is 0 Å². The van der Waals surface area contributed by atoms with Crippen LogP contribution in [-0.2, 0) is 6.54 Å². The van der Waals surface area contributed by atoms with Gasteiger partial charge in [0.25, 0.3) is 0 Å². The molecule has 1 N–H and O–H groups in total. The second kappa shape index (κ2) is 4.93. The van der Waals surface area contributed by atoms with Gasteiger partial charge in [0.15, 0.2) is 0 Å². The zero-order valence-corrected chi connectivity index (χ0v) is 10.2. The molecule has 2 heterocycles. The van der Waals surface area contributed by atoms with Crippen molar-refractivity contribution in [3.8, 4) is 0 Å². The Morgan fingerprint density at radius 1 is 1.50 bits per heavy atom. The molecule has 0 spiro atoms. The fourth-order valence-electron chi connectivity index (χ4n) is 2.30. The molecule has 5 heteroatoms. The fourth-order valence-corrected chi connectivity index (χ4v) is 2.30. The molecule has 0 saturated carbocycles. The highest BCUT2D eigenvalue weighted by Crippen LogP contribution is 2.15. The van der Waals surface area contributed by atoms with Crippen LogP contribution in [0.1, 0.15) is 24.7 Å². The maximum absolute atomic E-state index is 4.68. The molecule has 0 amide bonds. The average molecular weight is 224 g/mol. The summed E-state index contributed by atoms with van der Waals surface area (Å²) in [6.07, 6.45) is 1.20. The van der Waals surface area contributed by atoms with Gasteiger partial charge in [-0.25, -0.2) is 4.63 Å². The Kier molecular flexibility index (Phi) is 3.56. The minimum Gasteiger partial charge on any atom is -0.308 e. The topological polar surface area (TPSA) is 54.2 Å². The van der Waals surface area contributed by atoms with Gasteiger partial charge in [-0.2, -0.15) is 0 Å². The second-order valence-electron chi connectivity index (χ2n) is 4.81. The lowest BCUT2D eigenvalue weighted by Crippen LogP contribution is -2.46. The summed E-state index contributed by atoms with van der Waals surface area (Å²) in [5, 5.41) is 11.2. The quantitative estimate of drug-likeness (QED) is 0.823. The lowest BCUT2D eigenvalue weighted by atomic mass is 9.94. The van der Waals surface area contributed by atoms with Crippen molar-refractivity contribution < 1.29 is 4.63 Å². The standard InChI is InChI=1S/C11H20N4O/c1-8-7-15(3)5-4-10(8)12-6-11-9(2)13-16-14-11/h8,10,12H,4-7H2,1-3H3.